The number of aromatic nitrogens is 4. The molecule has 0 spiro atoms. The van der Waals surface area contributed by atoms with E-state index in [4.69, 9.17) is 4.74 Å². The number of ketones is 1. The molecule has 0 aliphatic rings. The van der Waals surface area contributed by atoms with Crippen molar-refractivity contribution in [2.24, 2.45) is 0 Å². The Labute approximate surface area is 141 Å². The number of ether oxygens (including phenoxy) is 1. The molecule has 0 amide bonds. The monoisotopic (exact) mass is 344 g/mol. The molecule has 0 saturated carbocycles. The number of carbonyl (C=O) groups excluding carboxylic acids is 1. The standard InChI is InChI=1S/C16H13FN4O2S/c1-10(17)14-8-24-16(21-14)5-15(22)13-4-11(2-3-20-13)23-12-6-18-9-19-7-12/h2-4,6-10H,5H2,1H3. The Morgan fingerprint density at radius 2 is 2.12 bits per heavy atom. The van der Waals surface area contributed by atoms with Gasteiger partial charge in [-0.2, -0.15) is 0 Å². The molecule has 6 nitrogen and oxygen atoms in total. The maximum Gasteiger partial charge on any atom is 0.188 e. The summed E-state index contributed by atoms with van der Waals surface area (Å²) < 4.78 is 18.8. The minimum atomic E-state index is -1.15. The Morgan fingerprint density at radius 3 is 2.83 bits per heavy atom. The van der Waals surface area contributed by atoms with Crippen LogP contribution in [-0.2, 0) is 6.42 Å². The summed E-state index contributed by atoms with van der Waals surface area (Å²) in [6.07, 6.45) is 4.85. The van der Waals surface area contributed by atoms with E-state index in [1.165, 1.54) is 43.2 Å². The molecule has 0 fully saturated rings. The fourth-order valence-electron chi connectivity index (χ4n) is 1.92. The number of hydrogen-bond donors (Lipinski definition) is 0. The average Bonchev–Trinajstić information content (AvgIpc) is 3.05. The molecule has 3 rings (SSSR count). The third-order valence-electron chi connectivity index (χ3n) is 3.08. The second kappa shape index (κ2) is 7.22. The van der Waals surface area contributed by atoms with E-state index >= 15 is 0 Å². The Morgan fingerprint density at radius 1 is 1.33 bits per heavy atom. The summed E-state index contributed by atoms with van der Waals surface area (Å²) in [6, 6.07) is 3.18. The largest absolute Gasteiger partial charge is 0.454 e. The van der Waals surface area contributed by atoms with Crippen LogP contribution in [0.5, 0.6) is 11.5 Å². The van der Waals surface area contributed by atoms with E-state index in [-0.39, 0.29) is 17.9 Å². The minimum Gasteiger partial charge on any atom is -0.454 e. The van der Waals surface area contributed by atoms with Crippen LogP contribution >= 0.6 is 11.3 Å². The van der Waals surface area contributed by atoms with Crippen molar-refractivity contribution in [3.63, 3.8) is 0 Å². The van der Waals surface area contributed by atoms with Crippen molar-refractivity contribution < 1.29 is 13.9 Å². The van der Waals surface area contributed by atoms with E-state index in [2.05, 4.69) is 19.9 Å². The SMILES string of the molecule is CC(F)c1csc(CC(=O)c2cc(Oc3cncnc3)ccn2)n1. The number of Topliss-reactive ketones (excluding diaryl/α,β-unsaturated/α-hetero) is 1. The number of halogens is 1. The lowest BCUT2D eigenvalue weighted by atomic mass is 10.2. The minimum absolute atomic E-state index is 0.0717. The zero-order chi connectivity index (χ0) is 16.9. The summed E-state index contributed by atoms with van der Waals surface area (Å²) in [7, 11) is 0. The summed E-state index contributed by atoms with van der Waals surface area (Å²) in [6.45, 7) is 1.41. The van der Waals surface area contributed by atoms with Gasteiger partial charge in [0.25, 0.3) is 0 Å². The van der Waals surface area contributed by atoms with Crippen molar-refractivity contribution in [2.45, 2.75) is 19.5 Å². The Balaban J connectivity index is 1.71. The molecule has 0 aromatic carbocycles. The fraction of sp³-hybridized carbons (Fsp3) is 0.188. The summed E-state index contributed by atoms with van der Waals surface area (Å²) >= 11 is 1.26. The molecule has 0 saturated heterocycles. The lowest BCUT2D eigenvalue weighted by molar-refractivity contribution is 0.0987. The van der Waals surface area contributed by atoms with Crippen LogP contribution in [0.3, 0.4) is 0 Å². The topological polar surface area (TPSA) is 77.9 Å². The summed E-state index contributed by atoms with van der Waals surface area (Å²) in [4.78, 5) is 28.2. The Hall–Kier alpha value is -2.74. The van der Waals surface area contributed by atoms with Gasteiger partial charge in [-0.3, -0.25) is 9.78 Å². The number of thiazole rings is 1. The molecule has 122 valence electrons. The van der Waals surface area contributed by atoms with Gasteiger partial charge in [0.15, 0.2) is 11.5 Å². The van der Waals surface area contributed by atoms with Crippen LogP contribution < -0.4 is 4.74 Å². The average molecular weight is 344 g/mol. The molecule has 0 radical (unpaired) electrons. The van der Waals surface area contributed by atoms with Crippen LogP contribution in [0, 0.1) is 0 Å². The van der Waals surface area contributed by atoms with E-state index in [1.807, 2.05) is 0 Å². The molecule has 24 heavy (non-hydrogen) atoms. The number of carbonyl (C=O) groups is 1. The van der Waals surface area contributed by atoms with Gasteiger partial charge in [-0.15, -0.1) is 11.3 Å². The molecule has 1 atom stereocenters. The van der Waals surface area contributed by atoms with Crippen LogP contribution in [0.2, 0.25) is 0 Å². The summed E-state index contributed by atoms with van der Waals surface area (Å²) in [5.41, 5.74) is 0.603. The van der Waals surface area contributed by atoms with Crippen LogP contribution in [-0.4, -0.2) is 25.7 Å². The lowest BCUT2D eigenvalue weighted by Crippen LogP contribution is -2.06. The van der Waals surface area contributed by atoms with E-state index in [1.54, 1.807) is 17.5 Å². The summed E-state index contributed by atoms with van der Waals surface area (Å²) in [5, 5.41) is 2.18. The van der Waals surface area contributed by atoms with Gasteiger partial charge in [0.2, 0.25) is 0 Å². The number of pyridine rings is 1. The molecular formula is C16H13FN4O2S. The lowest BCUT2D eigenvalue weighted by Gasteiger charge is -2.05. The second-order valence-electron chi connectivity index (χ2n) is 4.94. The highest BCUT2D eigenvalue weighted by molar-refractivity contribution is 7.09. The highest BCUT2D eigenvalue weighted by atomic mass is 32.1. The van der Waals surface area contributed by atoms with Gasteiger partial charge < -0.3 is 4.74 Å². The van der Waals surface area contributed by atoms with Gasteiger partial charge in [-0.05, 0) is 13.0 Å². The summed E-state index contributed by atoms with van der Waals surface area (Å²) in [5.74, 6) is 0.709. The molecule has 1 unspecified atom stereocenters. The first-order chi connectivity index (χ1) is 11.6. The molecule has 0 bridgehead atoms. The zero-order valence-corrected chi connectivity index (χ0v) is 13.5. The van der Waals surface area contributed by atoms with Gasteiger partial charge in [0.1, 0.15) is 29.0 Å². The molecule has 0 N–H and O–H groups in total. The molecule has 0 aliphatic heterocycles. The van der Waals surface area contributed by atoms with E-state index in [0.29, 0.717) is 22.2 Å². The maximum atomic E-state index is 13.2. The van der Waals surface area contributed by atoms with E-state index < -0.39 is 6.17 Å². The van der Waals surface area contributed by atoms with E-state index in [9.17, 15) is 9.18 Å². The Kier molecular flexibility index (Phi) is 4.85. The third kappa shape index (κ3) is 3.96. The van der Waals surface area contributed by atoms with Crippen LogP contribution in [0.25, 0.3) is 0 Å². The van der Waals surface area contributed by atoms with Crippen molar-refractivity contribution in [1.82, 2.24) is 19.9 Å². The Bertz CT molecular complexity index is 839. The van der Waals surface area contributed by atoms with Gasteiger partial charge in [-0.1, -0.05) is 0 Å². The first kappa shape index (κ1) is 16.1. The molecule has 3 aromatic heterocycles. The van der Waals surface area contributed by atoms with E-state index in [0.717, 1.165) is 0 Å². The zero-order valence-electron chi connectivity index (χ0n) is 12.7. The van der Waals surface area contributed by atoms with Crippen LogP contribution in [0.4, 0.5) is 4.39 Å². The predicted molar refractivity (Wildman–Crippen MR) is 86.0 cm³/mol. The van der Waals surface area contributed by atoms with Gasteiger partial charge in [-0.25, -0.2) is 19.3 Å². The molecule has 8 heteroatoms. The number of hydrogen-bond acceptors (Lipinski definition) is 7. The maximum absolute atomic E-state index is 13.2. The van der Waals surface area contributed by atoms with Crippen molar-refractivity contribution in [3.8, 4) is 11.5 Å². The smallest absolute Gasteiger partial charge is 0.188 e. The molecule has 0 aliphatic carbocycles. The highest BCUT2D eigenvalue weighted by Gasteiger charge is 2.14. The second-order valence-corrected chi connectivity index (χ2v) is 5.88. The van der Waals surface area contributed by atoms with Crippen LogP contribution in [0.15, 0.2) is 42.4 Å². The number of rotatable bonds is 6. The fourth-order valence-corrected chi connectivity index (χ4v) is 2.79. The van der Waals surface area contributed by atoms with Gasteiger partial charge >= 0.3 is 0 Å². The molecule has 3 heterocycles. The predicted octanol–water partition coefficient (Wildman–Crippen LogP) is 3.58. The third-order valence-corrected chi connectivity index (χ3v) is 3.95. The van der Waals surface area contributed by atoms with Crippen molar-refractivity contribution in [1.29, 1.82) is 0 Å². The van der Waals surface area contributed by atoms with Gasteiger partial charge in [0.05, 0.1) is 24.5 Å². The first-order valence-electron chi connectivity index (χ1n) is 7.12. The molecule has 3 aromatic rings. The van der Waals surface area contributed by atoms with Crippen LogP contribution in [0.1, 0.15) is 34.3 Å². The van der Waals surface area contributed by atoms with Crippen molar-refractivity contribution in [2.75, 3.05) is 0 Å². The highest BCUT2D eigenvalue weighted by Crippen LogP contribution is 2.22. The molecular weight excluding hydrogens is 331 g/mol. The normalized spacial score (nSPS) is 11.9. The number of nitrogens with zero attached hydrogens (tertiary/aromatic N) is 4. The quantitative estimate of drug-likeness (QED) is 0.636. The van der Waals surface area contributed by atoms with Crippen molar-refractivity contribution in [3.05, 3.63) is 58.8 Å². The van der Waals surface area contributed by atoms with Crippen molar-refractivity contribution >= 4 is 17.1 Å². The van der Waals surface area contributed by atoms with Gasteiger partial charge in [0, 0.05) is 17.6 Å². The number of alkyl halides is 1. The first-order valence-corrected chi connectivity index (χ1v) is 8.00.